The SMILES string of the molecule is O=C1N(C2CCOCC2)CCC[C@]12CCN(Cc1ccoc1)C2. The minimum Gasteiger partial charge on any atom is -0.472 e. The highest BCUT2D eigenvalue weighted by molar-refractivity contribution is 5.84. The van der Waals surface area contributed by atoms with Crippen LogP contribution in [0.5, 0.6) is 0 Å². The zero-order chi connectivity index (χ0) is 15.7. The van der Waals surface area contributed by atoms with Crippen LogP contribution in [0, 0.1) is 5.41 Å². The van der Waals surface area contributed by atoms with Crippen molar-refractivity contribution in [1.29, 1.82) is 0 Å². The molecular formula is C18H26N2O3. The number of ether oxygens (including phenoxy) is 1. The van der Waals surface area contributed by atoms with Gasteiger partial charge in [-0.2, -0.15) is 0 Å². The predicted octanol–water partition coefficient (Wildman–Crippen LogP) is 2.27. The molecule has 5 heteroatoms. The average Bonchev–Trinajstić information content (AvgIpc) is 3.23. The first kappa shape index (κ1) is 15.2. The van der Waals surface area contributed by atoms with Crippen LogP contribution in [-0.4, -0.2) is 54.6 Å². The minimum atomic E-state index is -0.139. The number of amides is 1. The van der Waals surface area contributed by atoms with Crippen LogP contribution >= 0.6 is 0 Å². The Kier molecular flexibility index (Phi) is 4.16. The standard InChI is InChI=1S/C18H26N2O3/c21-17-18(5-1-7-20(17)16-3-10-22-11-4-16)6-8-19(14-18)12-15-2-9-23-13-15/h2,9,13,16H,1,3-8,10-12,14H2/t18-/m1/s1. The number of carbonyl (C=O) groups excluding carboxylic acids is 1. The van der Waals surface area contributed by atoms with Crippen molar-refractivity contribution >= 4 is 5.91 Å². The lowest BCUT2D eigenvalue weighted by Gasteiger charge is -2.44. The van der Waals surface area contributed by atoms with Crippen LogP contribution < -0.4 is 0 Å². The molecule has 4 heterocycles. The highest BCUT2D eigenvalue weighted by Crippen LogP contribution is 2.41. The van der Waals surface area contributed by atoms with E-state index in [2.05, 4.69) is 9.80 Å². The molecule has 0 aliphatic carbocycles. The second kappa shape index (κ2) is 6.29. The first-order valence-electron chi connectivity index (χ1n) is 8.89. The third-order valence-electron chi connectivity index (χ3n) is 5.82. The van der Waals surface area contributed by atoms with Crippen LogP contribution in [-0.2, 0) is 16.1 Å². The van der Waals surface area contributed by atoms with E-state index in [4.69, 9.17) is 9.15 Å². The Bertz CT molecular complexity index is 538. The number of rotatable bonds is 3. The molecule has 0 bridgehead atoms. The van der Waals surface area contributed by atoms with Gasteiger partial charge in [0.15, 0.2) is 0 Å². The fourth-order valence-electron chi connectivity index (χ4n) is 4.56. The Hall–Kier alpha value is -1.33. The van der Waals surface area contributed by atoms with Crippen LogP contribution in [0.2, 0.25) is 0 Å². The molecule has 126 valence electrons. The smallest absolute Gasteiger partial charge is 0.230 e. The summed E-state index contributed by atoms with van der Waals surface area (Å²) in [7, 11) is 0. The lowest BCUT2D eigenvalue weighted by Crippen LogP contribution is -2.54. The van der Waals surface area contributed by atoms with Crippen molar-refractivity contribution in [3.8, 4) is 0 Å². The molecule has 3 aliphatic heterocycles. The highest BCUT2D eigenvalue weighted by Gasteiger charge is 2.49. The molecule has 5 nitrogen and oxygen atoms in total. The topological polar surface area (TPSA) is 45.9 Å². The summed E-state index contributed by atoms with van der Waals surface area (Å²) in [5.74, 6) is 0.408. The van der Waals surface area contributed by atoms with Crippen LogP contribution in [0.4, 0.5) is 0 Å². The van der Waals surface area contributed by atoms with Crippen molar-refractivity contribution in [1.82, 2.24) is 9.80 Å². The number of hydrogen-bond donors (Lipinski definition) is 0. The zero-order valence-electron chi connectivity index (χ0n) is 13.7. The molecule has 1 aromatic rings. The van der Waals surface area contributed by atoms with Crippen LogP contribution in [0.15, 0.2) is 23.0 Å². The van der Waals surface area contributed by atoms with E-state index in [1.807, 2.05) is 12.3 Å². The molecule has 1 amide bonds. The molecule has 0 unspecified atom stereocenters. The predicted molar refractivity (Wildman–Crippen MR) is 85.8 cm³/mol. The van der Waals surface area contributed by atoms with Gasteiger partial charge in [0.2, 0.25) is 5.91 Å². The molecule has 1 aromatic heterocycles. The number of carbonyl (C=O) groups is 1. The highest BCUT2D eigenvalue weighted by atomic mass is 16.5. The third-order valence-corrected chi connectivity index (χ3v) is 5.82. The maximum absolute atomic E-state index is 13.2. The van der Waals surface area contributed by atoms with Crippen molar-refractivity contribution in [3.05, 3.63) is 24.2 Å². The molecular weight excluding hydrogens is 292 g/mol. The minimum absolute atomic E-state index is 0.139. The molecule has 0 aromatic carbocycles. The van der Waals surface area contributed by atoms with E-state index >= 15 is 0 Å². The molecule has 3 aliphatic rings. The Balaban J connectivity index is 1.44. The summed E-state index contributed by atoms with van der Waals surface area (Å²) in [6.45, 7) is 5.34. The monoisotopic (exact) mass is 318 g/mol. The van der Waals surface area contributed by atoms with Crippen molar-refractivity contribution in [2.75, 3.05) is 32.8 Å². The number of likely N-dealkylation sites (tertiary alicyclic amines) is 2. The van der Waals surface area contributed by atoms with Gasteiger partial charge in [-0.05, 0) is 44.7 Å². The van der Waals surface area contributed by atoms with E-state index < -0.39 is 0 Å². The fraction of sp³-hybridized carbons (Fsp3) is 0.722. The van der Waals surface area contributed by atoms with Crippen LogP contribution in [0.1, 0.15) is 37.7 Å². The lowest BCUT2D eigenvalue weighted by molar-refractivity contribution is -0.150. The first-order chi connectivity index (χ1) is 11.3. The molecule has 0 saturated carbocycles. The Morgan fingerprint density at radius 2 is 2.09 bits per heavy atom. The normalized spacial score (nSPS) is 30.4. The number of nitrogens with zero attached hydrogens (tertiary/aromatic N) is 2. The van der Waals surface area contributed by atoms with Gasteiger partial charge in [0.25, 0.3) is 0 Å². The summed E-state index contributed by atoms with van der Waals surface area (Å²) in [5.41, 5.74) is 1.06. The van der Waals surface area contributed by atoms with Gasteiger partial charge in [-0.1, -0.05) is 0 Å². The van der Waals surface area contributed by atoms with Crippen molar-refractivity contribution in [3.63, 3.8) is 0 Å². The summed E-state index contributed by atoms with van der Waals surface area (Å²) < 4.78 is 10.6. The molecule has 0 radical (unpaired) electrons. The second-order valence-corrected chi connectivity index (χ2v) is 7.32. The Morgan fingerprint density at radius 1 is 1.22 bits per heavy atom. The van der Waals surface area contributed by atoms with Gasteiger partial charge >= 0.3 is 0 Å². The maximum atomic E-state index is 13.2. The molecule has 3 fully saturated rings. The van der Waals surface area contributed by atoms with E-state index in [1.54, 1.807) is 6.26 Å². The van der Waals surface area contributed by atoms with E-state index in [9.17, 15) is 4.79 Å². The van der Waals surface area contributed by atoms with Crippen LogP contribution in [0.3, 0.4) is 0 Å². The summed E-state index contributed by atoms with van der Waals surface area (Å²) in [4.78, 5) is 17.8. The number of piperidine rings is 1. The molecule has 4 rings (SSSR count). The van der Waals surface area contributed by atoms with E-state index in [-0.39, 0.29) is 5.41 Å². The van der Waals surface area contributed by atoms with Gasteiger partial charge < -0.3 is 14.1 Å². The van der Waals surface area contributed by atoms with Crippen molar-refractivity contribution in [2.45, 2.75) is 44.7 Å². The summed E-state index contributed by atoms with van der Waals surface area (Å²) in [6.07, 6.45) is 8.72. The molecule has 23 heavy (non-hydrogen) atoms. The Labute approximate surface area is 137 Å². The van der Waals surface area contributed by atoms with Crippen molar-refractivity contribution in [2.24, 2.45) is 5.41 Å². The zero-order valence-corrected chi connectivity index (χ0v) is 13.7. The van der Waals surface area contributed by atoms with Gasteiger partial charge in [-0.25, -0.2) is 0 Å². The second-order valence-electron chi connectivity index (χ2n) is 7.32. The quantitative estimate of drug-likeness (QED) is 0.858. The van der Waals surface area contributed by atoms with Gasteiger partial charge in [0.1, 0.15) is 0 Å². The summed E-state index contributed by atoms with van der Waals surface area (Å²) in [6, 6.07) is 2.42. The van der Waals surface area contributed by atoms with Crippen LogP contribution in [0.25, 0.3) is 0 Å². The van der Waals surface area contributed by atoms with Gasteiger partial charge in [-0.15, -0.1) is 0 Å². The van der Waals surface area contributed by atoms with Gasteiger partial charge in [0, 0.05) is 44.5 Å². The lowest BCUT2D eigenvalue weighted by atomic mass is 9.77. The molecule has 0 N–H and O–H groups in total. The van der Waals surface area contributed by atoms with E-state index in [1.165, 1.54) is 5.56 Å². The maximum Gasteiger partial charge on any atom is 0.230 e. The van der Waals surface area contributed by atoms with Crippen molar-refractivity contribution < 1.29 is 13.9 Å². The Morgan fingerprint density at radius 3 is 2.87 bits per heavy atom. The number of furan rings is 1. The molecule has 3 saturated heterocycles. The molecule has 1 spiro atoms. The van der Waals surface area contributed by atoms with Gasteiger partial charge in [-0.3, -0.25) is 9.69 Å². The first-order valence-corrected chi connectivity index (χ1v) is 8.89. The van der Waals surface area contributed by atoms with E-state index in [0.29, 0.717) is 11.9 Å². The number of hydrogen-bond acceptors (Lipinski definition) is 4. The fourth-order valence-corrected chi connectivity index (χ4v) is 4.56. The summed E-state index contributed by atoms with van der Waals surface area (Å²) >= 11 is 0. The summed E-state index contributed by atoms with van der Waals surface area (Å²) in [5, 5.41) is 0. The average molecular weight is 318 g/mol. The third kappa shape index (κ3) is 2.92. The van der Waals surface area contributed by atoms with E-state index in [0.717, 1.165) is 71.5 Å². The molecule has 1 atom stereocenters. The van der Waals surface area contributed by atoms with Gasteiger partial charge in [0.05, 0.1) is 17.9 Å². The largest absolute Gasteiger partial charge is 0.472 e.